The van der Waals surface area contributed by atoms with Crippen LogP contribution < -0.4 is 5.32 Å². The van der Waals surface area contributed by atoms with E-state index in [1.54, 1.807) is 24.4 Å². The molecule has 0 aliphatic rings. The first-order chi connectivity index (χ1) is 12.4. The molecule has 0 saturated heterocycles. The first-order valence-electron chi connectivity index (χ1n) is 7.32. The number of nitrogens with zero attached hydrogens (tertiary/aromatic N) is 1. The molecule has 2 aromatic rings. The summed E-state index contributed by atoms with van der Waals surface area (Å²) in [5.74, 6) is -1.90. The van der Waals surface area contributed by atoms with Gasteiger partial charge in [-0.25, -0.2) is 0 Å². The summed E-state index contributed by atoms with van der Waals surface area (Å²) in [6.07, 6.45) is 0. The fourth-order valence-electron chi connectivity index (χ4n) is 1.78. The number of benzene rings is 1. The van der Waals surface area contributed by atoms with Crippen LogP contribution in [0, 0.1) is 10.1 Å². The third kappa shape index (κ3) is 5.67. The van der Waals surface area contributed by atoms with Crippen LogP contribution in [0.4, 0.5) is 5.69 Å². The quantitative estimate of drug-likeness (QED) is 0.332. The lowest BCUT2D eigenvalue weighted by atomic mass is 10.3. The number of esters is 1. The number of nitro benzene ring substituents is 1. The lowest BCUT2D eigenvalue weighted by molar-refractivity contribution is -0.384. The van der Waals surface area contributed by atoms with Crippen LogP contribution in [0.5, 0.6) is 0 Å². The van der Waals surface area contributed by atoms with E-state index in [1.807, 2.05) is 0 Å². The Hall–Kier alpha value is -2.72. The summed E-state index contributed by atoms with van der Waals surface area (Å²) in [6, 6.07) is 8.98. The van der Waals surface area contributed by atoms with E-state index in [1.165, 1.54) is 35.6 Å². The summed E-state index contributed by atoms with van der Waals surface area (Å²) in [7, 11) is 0. The number of nitrogens with one attached hydrogen (secondary N) is 1. The zero-order valence-electron chi connectivity index (χ0n) is 13.5. The summed E-state index contributed by atoms with van der Waals surface area (Å²) in [5, 5.41) is 13.8. The second-order valence-corrected chi connectivity index (χ2v) is 7.34. The number of amides is 2. The van der Waals surface area contributed by atoms with Gasteiger partial charge in [-0.05, 0) is 30.5 Å². The Bertz CT molecular complexity index is 805. The molecule has 0 unspecified atom stereocenters. The molecule has 136 valence electrons. The molecule has 1 atom stereocenters. The minimum atomic E-state index is -0.718. The minimum Gasteiger partial charge on any atom is -0.455 e. The number of nitro groups is 1. The van der Waals surface area contributed by atoms with Gasteiger partial charge in [0.2, 0.25) is 0 Å². The highest BCUT2D eigenvalue weighted by Crippen LogP contribution is 2.25. The summed E-state index contributed by atoms with van der Waals surface area (Å²) < 4.78 is 4.89. The first-order valence-corrected chi connectivity index (χ1v) is 9.08. The molecule has 0 radical (unpaired) electrons. The highest BCUT2D eigenvalue weighted by atomic mass is 32.2. The van der Waals surface area contributed by atoms with Crippen molar-refractivity contribution in [2.24, 2.45) is 0 Å². The molecule has 0 bridgehead atoms. The molecular formula is C16H14N2O6S2. The van der Waals surface area contributed by atoms with Crippen molar-refractivity contribution in [2.45, 2.75) is 17.1 Å². The number of carbonyl (C=O) groups excluding carboxylic acids is 3. The van der Waals surface area contributed by atoms with Crippen molar-refractivity contribution in [3.05, 3.63) is 56.8 Å². The molecule has 0 spiro atoms. The maximum absolute atomic E-state index is 11.9. The van der Waals surface area contributed by atoms with Crippen LogP contribution in [0.2, 0.25) is 0 Å². The van der Waals surface area contributed by atoms with Gasteiger partial charge >= 0.3 is 5.97 Å². The highest BCUT2D eigenvalue weighted by molar-refractivity contribution is 8.00. The van der Waals surface area contributed by atoms with Gasteiger partial charge in [0.25, 0.3) is 17.5 Å². The van der Waals surface area contributed by atoms with E-state index >= 15 is 0 Å². The van der Waals surface area contributed by atoms with Crippen LogP contribution >= 0.6 is 23.1 Å². The third-order valence-electron chi connectivity index (χ3n) is 3.04. The average molecular weight is 394 g/mol. The fraction of sp³-hybridized carbons (Fsp3) is 0.188. The molecular weight excluding hydrogens is 380 g/mol. The van der Waals surface area contributed by atoms with Gasteiger partial charge in [0.05, 0.1) is 9.80 Å². The van der Waals surface area contributed by atoms with Crippen molar-refractivity contribution in [1.29, 1.82) is 0 Å². The second kappa shape index (κ2) is 9.11. The van der Waals surface area contributed by atoms with Crippen molar-refractivity contribution < 1.29 is 24.0 Å². The molecule has 0 aliphatic heterocycles. The predicted octanol–water partition coefficient (Wildman–Crippen LogP) is 2.64. The van der Waals surface area contributed by atoms with E-state index in [0.717, 1.165) is 11.8 Å². The van der Waals surface area contributed by atoms with Gasteiger partial charge < -0.3 is 4.74 Å². The molecule has 0 saturated carbocycles. The number of hydrogen-bond acceptors (Lipinski definition) is 8. The zero-order chi connectivity index (χ0) is 19.1. The van der Waals surface area contributed by atoms with E-state index in [2.05, 4.69) is 5.32 Å². The highest BCUT2D eigenvalue weighted by Gasteiger charge is 2.19. The van der Waals surface area contributed by atoms with E-state index in [0.29, 0.717) is 9.77 Å². The Morgan fingerprint density at radius 1 is 1.27 bits per heavy atom. The number of ether oxygens (including phenoxy) is 1. The second-order valence-electron chi connectivity index (χ2n) is 4.97. The number of carbonyl (C=O) groups is 3. The lowest BCUT2D eigenvalue weighted by Gasteiger charge is -2.11. The largest absolute Gasteiger partial charge is 0.455 e. The molecule has 1 aromatic carbocycles. The topological polar surface area (TPSA) is 116 Å². The Labute approximate surface area is 156 Å². The first kappa shape index (κ1) is 19.6. The van der Waals surface area contributed by atoms with Gasteiger partial charge in [0.1, 0.15) is 5.25 Å². The molecule has 0 fully saturated rings. The summed E-state index contributed by atoms with van der Waals surface area (Å²) in [4.78, 5) is 46.4. The van der Waals surface area contributed by atoms with Gasteiger partial charge in [0, 0.05) is 17.0 Å². The standard InChI is InChI=1S/C16H14N2O6S2/c1-10(26-12-6-4-11(5-7-12)18(22)23)16(21)24-9-14(19)17-15(20)13-3-2-8-25-13/h2-8,10H,9H2,1H3,(H,17,19,20)/t10-/m0/s1. The number of hydrogen-bond donors (Lipinski definition) is 1. The monoisotopic (exact) mass is 394 g/mol. The van der Waals surface area contributed by atoms with Crippen LogP contribution in [0.25, 0.3) is 0 Å². The van der Waals surface area contributed by atoms with E-state index < -0.39 is 34.6 Å². The lowest BCUT2D eigenvalue weighted by Crippen LogP contribution is -2.34. The molecule has 1 heterocycles. The van der Waals surface area contributed by atoms with Gasteiger partial charge in [-0.3, -0.25) is 29.8 Å². The molecule has 2 rings (SSSR count). The van der Waals surface area contributed by atoms with Crippen molar-refractivity contribution in [3.8, 4) is 0 Å². The fourth-order valence-corrected chi connectivity index (χ4v) is 3.27. The molecule has 1 aromatic heterocycles. The van der Waals surface area contributed by atoms with E-state index in [9.17, 15) is 24.5 Å². The van der Waals surface area contributed by atoms with Crippen LogP contribution in [0.1, 0.15) is 16.6 Å². The van der Waals surface area contributed by atoms with Gasteiger partial charge in [0.15, 0.2) is 6.61 Å². The van der Waals surface area contributed by atoms with E-state index in [4.69, 9.17) is 4.74 Å². The number of thiophene rings is 1. The third-order valence-corrected chi connectivity index (χ3v) is 4.99. The van der Waals surface area contributed by atoms with Crippen molar-refractivity contribution in [2.75, 3.05) is 6.61 Å². The molecule has 8 nitrogen and oxygen atoms in total. The predicted molar refractivity (Wildman–Crippen MR) is 96.2 cm³/mol. The Kier molecular flexibility index (Phi) is 6.87. The molecule has 0 aliphatic carbocycles. The van der Waals surface area contributed by atoms with Gasteiger partial charge in [-0.2, -0.15) is 0 Å². The molecule has 10 heteroatoms. The van der Waals surface area contributed by atoms with Crippen molar-refractivity contribution >= 4 is 46.6 Å². The summed E-state index contributed by atoms with van der Waals surface area (Å²) in [5.41, 5.74) is -0.0448. The smallest absolute Gasteiger partial charge is 0.319 e. The van der Waals surface area contributed by atoms with E-state index in [-0.39, 0.29) is 5.69 Å². The minimum absolute atomic E-state index is 0.0448. The summed E-state index contributed by atoms with van der Waals surface area (Å²) in [6.45, 7) is 1.02. The Balaban J connectivity index is 1.78. The Morgan fingerprint density at radius 3 is 2.54 bits per heavy atom. The van der Waals surface area contributed by atoms with Crippen LogP contribution in [-0.4, -0.2) is 34.6 Å². The molecule has 2 amide bonds. The number of non-ortho nitro benzene ring substituents is 1. The normalized spacial score (nSPS) is 11.4. The number of rotatable bonds is 7. The Morgan fingerprint density at radius 2 is 1.96 bits per heavy atom. The number of thioether (sulfide) groups is 1. The number of imide groups is 1. The zero-order valence-corrected chi connectivity index (χ0v) is 15.2. The molecule has 26 heavy (non-hydrogen) atoms. The van der Waals surface area contributed by atoms with Crippen LogP contribution in [0.15, 0.2) is 46.7 Å². The average Bonchev–Trinajstić information content (AvgIpc) is 3.14. The van der Waals surface area contributed by atoms with Gasteiger partial charge in [-0.15, -0.1) is 23.1 Å². The SMILES string of the molecule is C[C@H](Sc1ccc([N+](=O)[O-])cc1)C(=O)OCC(=O)NC(=O)c1cccs1. The maximum Gasteiger partial charge on any atom is 0.319 e. The van der Waals surface area contributed by atoms with Crippen molar-refractivity contribution in [3.63, 3.8) is 0 Å². The van der Waals surface area contributed by atoms with Crippen molar-refractivity contribution in [1.82, 2.24) is 5.32 Å². The summed E-state index contributed by atoms with van der Waals surface area (Å²) >= 11 is 2.33. The van der Waals surface area contributed by atoms with Crippen LogP contribution in [0.3, 0.4) is 0 Å². The maximum atomic E-state index is 11.9. The van der Waals surface area contributed by atoms with Gasteiger partial charge in [-0.1, -0.05) is 6.07 Å². The molecule has 1 N–H and O–H groups in total. The van der Waals surface area contributed by atoms with Crippen LogP contribution in [-0.2, 0) is 14.3 Å².